The molecule has 0 aliphatic carbocycles. The average Bonchev–Trinajstić information content (AvgIpc) is 2.42. The van der Waals surface area contributed by atoms with Gasteiger partial charge in [-0.2, -0.15) is 0 Å². The van der Waals surface area contributed by atoms with Crippen LogP contribution in [0.5, 0.6) is 0 Å². The number of carbonyl (C=O) groups excluding carboxylic acids is 1. The smallest absolute Gasteiger partial charge is 0.305 e. The molecule has 0 spiro atoms. The van der Waals surface area contributed by atoms with Gasteiger partial charge in [0.25, 0.3) is 11.2 Å². The molecule has 1 aromatic heterocycles. The van der Waals surface area contributed by atoms with Crippen molar-refractivity contribution in [2.45, 2.75) is 39.2 Å². The van der Waals surface area contributed by atoms with E-state index in [2.05, 4.69) is 15.9 Å². The van der Waals surface area contributed by atoms with Crippen molar-refractivity contribution < 1.29 is 14.5 Å². The van der Waals surface area contributed by atoms with Crippen molar-refractivity contribution in [1.82, 2.24) is 4.57 Å². The first-order chi connectivity index (χ1) is 9.95. The first-order valence-corrected chi connectivity index (χ1v) is 7.45. The maximum atomic E-state index is 11.8. The van der Waals surface area contributed by atoms with E-state index in [1.807, 2.05) is 0 Å². The van der Waals surface area contributed by atoms with Crippen molar-refractivity contribution in [3.05, 3.63) is 37.2 Å². The number of aromatic nitrogens is 1. The lowest BCUT2D eigenvalue weighted by Crippen LogP contribution is -2.20. The van der Waals surface area contributed by atoms with Crippen LogP contribution in [0.2, 0.25) is 0 Å². The van der Waals surface area contributed by atoms with Crippen LogP contribution in [0.4, 0.5) is 5.69 Å². The molecule has 8 heteroatoms. The Morgan fingerprint density at radius 2 is 2.14 bits per heavy atom. The zero-order valence-electron chi connectivity index (χ0n) is 11.7. The second kappa shape index (κ2) is 8.56. The van der Waals surface area contributed by atoms with E-state index in [4.69, 9.17) is 4.74 Å². The van der Waals surface area contributed by atoms with Gasteiger partial charge in [-0.05, 0) is 35.7 Å². The minimum Gasteiger partial charge on any atom is -0.466 e. The molecular weight excluding hydrogens is 344 g/mol. The highest BCUT2D eigenvalue weighted by Gasteiger charge is 2.12. The lowest BCUT2D eigenvalue weighted by molar-refractivity contribution is -0.385. The van der Waals surface area contributed by atoms with Gasteiger partial charge in [0.1, 0.15) is 0 Å². The molecule has 116 valence electrons. The van der Waals surface area contributed by atoms with Crippen molar-refractivity contribution in [2.75, 3.05) is 6.61 Å². The van der Waals surface area contributed by atoms with E-state index in [-0.39, 0.29) is 21.7 Å². The highest BCUT2D eigenvalue weighted by atomic mass is 79.9. The number of ether oxygens (including phenoxy) is 1. The largest absolute Gasteiger partial charge is 0.466 e. The first-order valence-electron chi connectivity index (χ1n) is 6.65. The molecule has 0 saturated carbocycles. The molecule has 1 heterocycles. The van der Waals surface area contributed by atoms with Gasteiger partial charge in [0.2, 0.25) is 0 Å². The molecule has 0 unspecified atom stereocenters. The third kappa shape index (κ3) is 5.66. The molecule has 0 N–H and O–H groups in total. The van der Waals surface area contributed by atoms with E-state index in [9.17, 15) is 19.7 Å². The third-order valence-electron chi connectivity index (χ3n) is 2.82. The van der Waals surface area contributed by atoms with E-state index in [1.54, 1.807) is 6.92 Å². The van der Waals surface area contributed by atoms with Crippen molar-refractivity contribution in [3.63, 3.8) is 0 Å². The second-order valence-electron chi connectivity index (χ2n) is 4.42. The molecule has 0 saturated heterocycles. The Labute approximate surface area is 130 Å². The number of nitrogens with zero attached hydrogens (tertiary/aromatic N) is 2. The van der Waals surface area contributed by atoms with Crippen LogP contribution in [0.3, 0.4) is 0 Å². The average molecular weight is 361 g/mol. The van der Waals surface area contributed by atoms with E-state index in [0.29, 0.717) is 32.4 Å². The number of halogens is 1. The first kappa shape index (κ1) is 17.4. The lowest BCUT2D eigenvalue weighted by atomic mass is 10.2. The van der Waals surface area contributed by atoms with Gasteiger partial charge in [0.05, 0.1) is 22.2 Å². The van der Waals surface area contributed by atoms with Gasteiger partial charge in [-0.3, -0.25) is 19.7 Å². The normalized spacial score (nSPS) is 10.4. The molecular formula is C13H17BrN2O5. The van der Waals surface area contributed by atoms with Gasteiger partial charge in [-0.25, -0.2) is 0 Å². The number of aryl methyl sites for hydroxylation is 1. The third-order valence-corrected chi connectivity index (χ3v) is 3.39. The SMILES string of the molecule is CCOC(=O)CCCCCn1cc([N+](=O)[O-])cc(Br)c1=O. The zero-order chi connectivity index (χ0) is 15.8. The Morgan fingerprint density at radius 1 is 1.43 bits per heavy atom. The highest BCUT2D eigenvalue weighted by Crippen LogP contribution is 2.14. The number of pyridine rings is 1. The zero-order valence-corrected chi connectivity index (χ0v) is 13.3. The standard InChI is InChI=1S/C13H17BrN2O5/c1-2-21-12(17)6-4-3-5-7-15-9-10(16(19)20)8-11(14)13(15)18/h8-9H,2-7H2,1H3. The number of esters is 1. The maximum absolute atomic E-state index is 11.8. The van der Waals surface area contributed by atoms with Gasteiger partial charge in [0.15, 0.2) is 0 Å². The van der Waals surface area contributed by atoms with Crippen molar-refractivity contribution in [2.24, 2.45) is 0 Å². The molecule has 0 aliphatic rings. The molecule has 0 aliphatic heterocycles. The van der Waals surface area contributed by atoms with Crippen LogP contribution in [0.25, 0.3) is 0 Å². The predicted octanol–water partition coefficient (Wildman–Crippen LogP) is 2.64. The molecule has 0 amide bonds. The van der Waals surface area contributed by atoms with Gasteiger partial charge in [-0.15, -0.1) is 0 Å². The maximum Gasteiger partial charge on any atom is 0.305 e. The van der Waals surface area contributed by atoms with E-state index >= 15 is 0 Å². The number of rotatable bonds is 8. The number of hydrogen-bond acceptors (Lipinski definition) is 5. The fourth-order valence-electron chi connectivity index (χ4n) is 1.81. The van der Waals surface area contributed by atoms with Gasteiger partial charge in [0, 0.05) is 19.0 Å². The number of unbranched alkanes of at least 4 members (excludes halogenated alkanes) is 2. The summed E-state index contributed by atoms with van der Waals surface area (Å²) in [5.41, 5.74) is -0.431. The number of nitro groups is 1. The summed E-state index contributed by atoms with van der Waals surface area (Å²) in [4.78, 5) is 33.2. The summed E-state index contributed by atoms with van der Waals surface area (Å²) in [6.45, 7) is 2.50. The van der Waals surface area contributed by atoms with Crippen LogP contribution < -0.4 is 5.56 Å². The molecule has 21 heavy (non-hydrogen) atoms. The fraction of sp³-hybridized carbons (Fsp3) is 0.538. The molecule has 0 fully saturated rings. The number of hydrogen-bond donors (Lipinski definition) is 0. The lowest BCUT2D eigenvalue weighted by Gasteiger charge is -2.06. The molecule has 0 bridgehead atoms. The van der Waals surface area contributed by atoms with Gasteiger partial charge in [-0.1, -0.05) is 6.42 Å². The summed E-state index contributed by atoms with van der Waals surface area (Å²) in [6.07, 6.45) is 3.65. The van der Waals surface area contributed by atoms with Crippen LogP contribution in [0.1, 0.15) is 32.6 Å². The summed E-state index contributed by atoms with van der Waals surface area (Å²) < 4.78 is 6.29. The Kier molecular flexibility index (Phi) is 7.07. The molecule has 7 nitrogen and oxygen atoms in total. The summed E-state index contributed by atoms with van der Waals surface area (Å²) in [6, 6.07) is 1.19. The quantitative estimate of drug-likeness (QED) is 0.307. The van der Waals surface area contributed by atoms with Crippen LogP contribution in [0.15, 0.2) is 21.5 Å². The predicted molar refractivity (Wildman–Crippen MR) is 80.2 cm³/mol. The molecule has 0 radical (unpaired) electrons. The summed E-state index contributed by atoms with van der Waals surface area (Å²) >= 11 is 3.03. The van der Waals surface area contributed by atoms with Crippen LogP contribution >= 0.6 is 15.9 Å². The minimum atomic E-state index is -0.540. The van der Waals surface area contributed by atoms with Crippen molar-refractivity contribution in [1.29, 1.82) is 0 Å². The highest BCUT2D eigenvalue weighted by molar-refractivity contribution is 9.10. The second-order valence-corrected chi connectivity index (χ2v) is 5.27. The van der Waals surface area contributed by atoms with E-state index in [0.717, 1.165) is 6.42 Å². The van der Waals surface area contributed by atoms with Crippen molar-refractivity contribution in [3.8, 4) is 0 Å². The van der Waals surface area contributed by atoms with E-state index in [1.165, 1.54) is 16.8 Å². The Morgan fingerprint density at radius 3 is 2.76 bits per heavy atom. The minimum absolute atomic E-state index is 0.131. The van der Waals surface area contributed by atoms with Crippen molar-refractivity contribution >= 4 is 27.6 Å². The number of carbonyl (C=O) groups is 1. The van der Waals surface area contributed by atoms with Gasteiger partial charge >= 0.3 is 5.97 Å². The van der Waals surface area contributed by atoms with Crippen LogP contribution in [0, 0.1) is 10.1 Å². The van der Waals surface area contributed by atoms with Gasteiger partial charge < -0.3 is 9.30 Å². The summed E-state index contributed by atoms with van der Waals surface area (Å²) in [7, 11) is 0. The molecule has 0 atom stereocenters. The topological polar surface area (TPSA) is 91.4 Å². The Bertz CT molecular complexity index is 570. The van der Waals surface area contributed by atoms with Crippen LogP contribution in [-0.4, -0.2) is 22.1 Å². The summed E-state index contributed by atoms with van der Waals surface area (Å²) in [5, 5.41) is 10.7. The molecule has 1 rings (SSSR count). The molecule has 0 aromatic carbocycles. The fourth-order valence-corrected chi connectivity index (χ4v) is 2.27. The van der Waals surface area contributed by atoms with E-state index < -0.39 is 4.92 Å². The summed E-state index contributed by atoms with van der Waals surface area (Å²) in [5.74, 6) is -0.229. The Balaban J connectivity index is 2.50. The molecule has 1 aromatic rings. The Hall–Kier alpha value is -1.70. The van der Waals surface area contributed by atoms with Crippen LogP contribution in [-0.2, 0) is 16.1 Å². The monoisotopic (exact) mass is 360 g/mol.